The van der Waals surface area contributed by atoms with Gasteiger partial charge in [-0.25, -0.2) is 0 Å². The molecule has 0 aliphatic heterocycles. The van der Waals surface area contributed by atoms with Crippen molar-refractivity contribution in [1.82, 2.24) is 0 Å². The molecule has 0 heterocycles. The van der Waals surface area contributed by atoms with E-state index in [9.17, 15) is 65.9 Å². The van der Waals surface area contributed by atoms with Crippen LogP contribution < -0.4 is 0 Å². The fourth-order valence-electron chi connectivity index (χ4n) is 1.37. The third-order valence-corrected chi connectivity index (χ3v) is 2.59. The first-order chi connectivity index (χ1) is 10.1. The molecule has 4 N–H and O–H groups in total. The van der Waals surface area contributed by atoms with Crippen molar-refractivity contribution in [3.8, 4) is 0 Å². The van der Waals surface area contributed by atoms with E-state index in [0.29, 0.717) is 0 Å². The monoisotopic (exact) mass is 347 g/mol. The average Bonchev–Trinajstić information content (AvgIpc) is 2.42. The molecule has 1 unspecified atom stereocenters. The molecule has 0 aliphatic carbocycles. The van der Waals surface area contributed by atoms with E-state index in [2.05, 4.69) is 0 Å². The fraction of sp³-hybridized carbons (Fsp3) is 1.00. The molecule has 0 saturated heterocycles. The Labute approximate surface area is 120 Å². The maximum absolute atomic E-state index is 10.7. The first kappa shape index (κ1) is 19.8. The minimum atomic E-state index is -5.68. The predicted octanol–water partition coefficient (Wildman–Crippen LogP) is -4.29. The van der Waals surface area contributed by atoms with Crippen LogP contribution in [0.4, 0.5) is 0 Å². The number of nitrogens with zero attached hydrogens (tertiary/aromatic N) is 5. The standard InChI is InChI=1S/C4H5N5O14/c10-1(5(14)15)2(11,6(16)17)3(12,7(18)19)4(13,8(20)21)9(22)23/h1,10-13H/t1?,2-,3-/m1/s1. The van der Waals surface area contributed by atoms with Crippen LogP contribution in [0.2, 0.25) is 0 Å². The van der Waals surface area contributed by atoms with Crippen LogP contribution in [0.25, 0.3) is 0 Å². The fourth-order valence-corrected chi connectivity index (χ4v) is 1.37. The lowest BCUT2D eigenvalue weighted by molar-refractivity contribution is -0.947. The summed E-state index contributed by atoms with van der Waals surface area (Å²) in [4.78, 5) is 40.1. The highest BCUT2D eigenvalue weighted by Crippen LogP contribution is 2.38. The Balaban J connectivity index is 7.05. The molecule has 0 amide bonds. The summed E-state index contributed by atoms with van der Waals surface area (Å²) in [7, 11) is 0. The zero-order valence-corrected chi connectivity index (χ0v) is 10.2. The molecule has 19 nitrogen and oxygen atoms in total. The Kier molecular flexibility index (Phi) is 4.80. The van der Waals surface area contributed by atoms with Gasteiger partial charge >= 0.3 is 23.5 Å². The largest absolute Gasteiger partial charge is 0.686 e. The Hall–Kier alpha value is -3.16. The number of aliphatic hydroxyl groups is 4. The van der Waals surface area contributed by atoms with Crippen molar-refractivity contribution in [2.24, 2.45) is 0 Å². The summed E-state index contributed by atoms with van der Waals surface area (Å²) in [6.07, 6.45) is -4.18. The van der Waals surface area contributed by atoms with Gasteiger partial charge < -0.3 is 15.3 Å². The van der Waals surface area contributed by atoms with Gasteiger partial charge in [0.05, 0.1) is 14.8 Å². The Bertz CT molecular complexity index is 574. The molecule has 0 aromatic rings. The van der Waals surface area contributed by atoms with E-state index >= 15 is 0 Å². The lowest BCUT2D eigenvalue weighted by atomic mass is 9.93. The van der Waals surface area contributed by atoms with E-state index in [1.807, 2.05) is 0 Å². The molecule has 0 radical (unpaired) electrons. The van der Waals surface area contributed by atoms with Crippen molar-refractivity contribution in [3.63, 3.8) is 0 Å². The van der Waals surface area contributed by atoms with E-state index in [4.69, 9.17) is 5.11 Å². The second-order valence-corrected chi connectivity index (χ2v) is 3.72. The number of hydrogen-bond donors (Lipinski definition) is 4. The smallest absolute Gasteiger partial charge is 0.325 e. The third kappa shape index (κ3) is 2.24. The lowest BCUT2D eigenvalue weighted by Gasteiger charge is -2.27. The molecule has 0 bridgehead atoms. The van der Waals surface area contributed by atoms with Crippen molar-refractivity contribution in [3.05, 3.63) is 50.6 Å². The van der Waals surface area contributed by atoms with Gasteiger partial charge in [-0.2, -0.15) is 0 Å². The molecule has 23 heavy (non-hydrogen) atoms. The summed E-state index contributed by atoms with van der Waals surface area (Å²) in [6, 6.07) is 0. The van der Waals surface area contributed by atoms with Crippen LogP contribution in [-0.2, 0) is 0 Å². The summed E-state index contributed by atoms with van der Waals surface area (Å²) in [5.74, 6) is -5.55. The van der Waals surface area contributed by atoms with E-state index in [0.717, 1.165) is 0 Å². The predicted molar refractivity (Wildman–Crippen MR) is 55.8 cm³/mol. The number of aliphatic hydroxyl groups excluding tert-OH is 1. The van der Waals surface area contributed by atoms with Gasteiger partial charge in [0, 0.05) is 0 Å². The lowest BCUT2D eigenvalue weighted by Crippen LogP contribution is -2.82. The molecule has 0 aromatic heterocycles. The molecule has 0 aromatic carbocycles. The molecular formula is C4H5N5O14. The summed E-state index contributed by atoms with van der Waals surface area (Å²) < 4.78 is 0. The van der Waals surface area contributed by atoms with Crippen LogP contribution in [0, 0.1) is 50.6 Å². The van der Waals surface area contributed by atoms with Crippen LogP contribution in [-0.4, -0.2) is 68.6 Å². The topological polar surface area (TPSA) is 297 Å². The zero-order chi connectivity index (χ0) is 19.0. The molecule has 130 valence electrons. The van der Waals surface area contributed by atoms with Gasteiger partial charge in [0.2, 0.25) is 0 Å². The number of nitro groups is 5. The molecule has 0 saturated carbocycles. The highest BCUT2D eigenvalue weighted by molar-refractivity contribution is 4.92. The van der Waals surface area contributed by atoms with Crippen LogP contribution in [0.15, 0.2) is 0 Å². The Morgan fingerprint density at radius 3 is 1.22 bits per heavy atom. The van der Waals surface area contributed by atoms with Gasteiger partial charge in [0.1, 0.15) is 9.85 Å². The van der Waals surface area contributed by atoms with Gasteiger partial charge in [-0.3, -0.25) is 55.7 Å². The van der Waals surface area contributed by atoms with Crippen molar-refractivity contribution in [2.75, 3.05) is 0 Å². The second kappa shape index (κ2) is 5.56. The van der Waals surface area contributed by atoms with E-state index in [1.54, 1.807) is 0 Å². The second-order valence-electron chi connectivity index (χ2n) is 3.72. The van der Waals surface area contributed by atoms with E-state index in [1.165, 1.54) is 0 Å². The van der Waals surface area contributed by atoms with Gasteiger partial charge in [0.15, 0.2) is 0 Å². The molecule has 0 rings (SSSR count). The molecule has 0 aliphatic rings. The average molecular weight is 347 g/mol. The molecular weight excluding hydrogens is 342 g/mol. The summed E-state index contributed by atoms with van der Waals surface area (Å²) >= 11 is 0. The maximum Gasteiger partial charge on any atom is 0.686 e. The number of rotatable bonds is 8. The first-order valence-electron chi connectivity index (χ1n) is 4.70. The van der Waals surface area contributed by atoms with E-state index < -0.39 is 48.1 Å². The Morgan fingerprint density at radius 2 is 1.04 bits per heavy atom. The van der Waals surface area contributed by atoms with Crippen LogP contribution in [0.3, 0.4) is 0 Å². The van der Waals surface area contributed by atoms with Gasteiger partial charge in [0.25, 0.3) is 0 Å². The summed E-state index contributed by atoms with van der Waals surface area (Å²) in [6.45, 7) is 0. The maximum atomic E-state index is 10.7. The molecule has 0 spiro atoms. The van der Waals surface area contributed by atoms with Crippen LogP contribution >= 0.6 is 0 Å². The normalized spacial score (nSPS) is 18.1. The van der Waals surface area contributed by atoms with Crippen molar-refractivity contribution in [2.45, 2.75) is 23.5 Å². The molecule has 3 atom stereocenters. The first-order valence-corrected chi connectivity index (χ1v) is 4.70. The zero-order valence-electron chi connectivity index (χ0n) is 10.2. The molecule has 0 fully saturated rings. The third-order valence-electron chi connectivity index (χ3n) is 2.59. The van der Waals surface area contributed by atoms with Crippen molar-refractivity contribution < 1.29 is 45.0 Å². The SMILES string of the molecule is O=[N+]([O-])C(O)[C@](O)([N+](=O)[O-])[C@](O)([N+](=O)[O-])C(O)([N+](=O)[O-])[N+](=O)[O-]. The van der Waals surface area contributed by atoms with Crippen LogP contribution in [0.5, 0.6) is 0 Å². The minimum Gasteiger partial charge on any atom is -0.325 e. The summed E-state index contributed by atoms with van der Waals surface area (Å²) in [5.41, 5.74) is -11.1. The van der Waals surface area contributed by atoms with Gasteiger partial charge in [-0.15, -0.1) is 0 Å². The van der Waals surface area contributed by atoms with Crippen LogP contribution in [0.1, 0.15) is 0 Å². The van der Waals surface area contributed by atoms with Crippen molar-refractivity contribution in [1.29, 1.82) is 0 Å². The highest BCUT2D eigenvalue weighted by Gasteiger charge is 3.00. The Morgan fingerprint density at radius 1 is 0.696 bits per heavy atom. The quantitative estimate of drug-likeness (QED) is 0.183. The summed E-state index contributed by atoms with van der Waals surface area (Å²) in [5, 5.41) is 89.8. The van der Waals surface area contributed by atoms with E-state index in [-0.39, 0.29) is 0 Å². The number of hydrogen-bond acceptors (Lipinski definition) is 14. The highest BCUT2D eigenvalue weighted by atomic mass is 16.8. The molecule has 19 heteroatoms. The van der Waals surface area contributed by atoms with Crippen molar-refractivity contribution >= 4 is 0 Å². The van der Waals surface area contributed by atoms with Gasteiger partial charge in [-0.05, 0) is 0 Å². The van der Waals surface area contributed by atoms with Gasteiger partial charge in [-0.1, -0.05) is 0 Å². The minimum absolute atomic E-state index is 2.22.